The van der Waals surface area contributed by atoms with Crippen LogP contribution in [0.25, 0.3) is 0 Å². The number of amides is 2. The second-order valence-corrected chi connectivity index (χ2v) is 4.54. The summed E-state index contributed by atoms with van der Waals surface area (Å²) >= 11 is 0. The number of carbonyl (C=O) groups is 2. The van der Waals surface area contributed by atoms with Crippen LogP contribution in [0.15, 0.2) is 28.8 Å². The Morgan fingerprint density at radius 3 is 2.71 bits per heavy atom. The topological polar surface area (TPSA) is 104 Å². The van der Waals surface area contributed by atoms with Crippen LogP contribution in [0.2, 0.25) is 0 Å². The number of benzene rings is 1. The first-order valence-electron chi connectivity index (χ1n) is 6.27. The van der Waals surface area contributed by atoms with Crippen LogP contribution in [0.3, 0.4) is 0 Å². The molecule has 2 amide bonds. The van der Waals surface area contributed by atoms with Gasteiger partial charge >= 0.3 is 12.0 Å². The third kappa shape index (κ3) is 3.59. The minimum Gasteiger partial charge on any atom is -0.478 e. The molecule has 3 N–H and O–H groups in total. The van der Waals surface area contributed by atoms with E-state index in [4.69, 9.17) is 4.52 Å². The molecule has 2 rings (SSSR count). The molecule has 0 bridgehead atoms. The fraction of sp³-hybridized carbons (Fsp3) is 0.214. The summed E-state index contributed by atoms with van der Waals surface area (Å²) in [4.78, 5) is 23.0. The molecule has 0 spiro atoms. The van der Waals surface area contributed by atoms with Crippen LogP contribution in [0.5, 0.6) is 0 Å². The van der Waals surface area contributed by atoms with E-state index in [0.717, 1.165) is 0 Å². The molecule has 0 saturated carbocycles. The highest BCUT2D eigenvalue weighted by molar-refractivity contribution is 6.01. The zero-order chi connectivity index (χ0) is 15.4. The van der Waals surface area contributed by atoms with E-state index >= 15 is 0 Å². The fourth-order valence-electron chi connectivity index (χ4n) is 1.89. The highest BCUT2D eigenvalue weighted by atomic mass is 16.5. The van der Waals surface area contributed by atoms with E-state index in [-0.39, 0.29) is 17.8 Å². The molecule has 0 aliphatic rings. The van der Waals surface area contributed by atoms with Crippen molar-refractivity contribution in [3.63, 3.8) is 0 Å². The van der Waals surface area contributed by atoms with E-state index in [1.165, 1.54) is 6.07 Å². The summed E-state index contributed by atoms with van der Waals surface area (Å²) in [6.07, 6.45) is 0. The molecule has 2 aromatic rings. The van der Waals surface area contributed by atoms with Crippen molar-refractivity contribution in [2.45, 2.75) is 20.4 Å². The summed E-state index contributed by atoms with van der Waals surface area (Å²) in [5.41, 5.74) is 1.49. The zero-order valence-corrected chi connectivity index (χ0v) is 11.6. The summed E-state index contributed by atoms with van der Waals surface area (Å²) in [5.74, 6) is -0.436. The van der Waals surface area contributed by atoms with Crippen LogP contribution in [0, 0.1) is 13.8 Å². The first kappa shape index (κ1) is 14.6. The lowest BCUT2D eigenvalue weighted by Crippen LogP contribution is -2.29. The lowest BCUT2D eigenvalue weighted by Gasteiger charge is -2.10. The minimum atomic E-state index is -1.09. The number of hydrogen-bond acceptors (Lipinski definition) is 4. The Morgan fingerprint density at radius 2 is 2.10 bits per heavy atom. The van der Waals surface area contributed by atoms with Gasteiger partial charge in [0.25, 0.3) is 0 Å². The Labute approximate surface area is 120 Å². The smallest absolute Gasteiger partial charge is 0.338 e. The maximum atomic E-state index is 11.8. The maximum absolute atomic E-state index is 11.8. The largest absolute Gasteiger partial charge is 0.478 e. The van der Waals surface area contributed by atoms with Gasteiger partial charge in [-0.1, -0.05) is 17.3 Å². The Balaban J connectivity index is 2.03. The first-order chi connectivity index (χ1) is 9.97. The zero-order valence-electron chi connectivity index (χ0n) is 11.6. The van der Waals surface area contributed by atoms with E-state index in [1.807, 2.05) is 0 Å². The average Bonchev–Trinajstić information content (AvgIpc) is 2.82. The average molecular weight is 289 g/mol. The molecule has 0 fully saturated rings. The molecule has 0 saturated heterocycles. The van der Waals surface area contributed by atoms with E-state index in [0.29, 0.717) is 17.0 Å². The summed E-state index contributed by atoms with van der Waals surface area (Å²) in [5, 5.41) is 18.0. The Hall–Kier alpha value is -2.83. The van der Waals surface area contributed by atoms with Gasteiger partial charge in [-0.25, -0.2) is 9.59 Å². The molecule has 0 atom stereocenters. The van der Waals surface area contributed by atoms with Crippen LogP contribution in [0.1, 0.15) is 27.4 Å². The number of rotatable bonds is 4. The van der Waals surface area contributed by atoms with Crippen molar-refractivity contribution in [1.29, 1.82) is 0 Å². The fourth-order valence-corrected chi connectivity index (χ4v) is 1.89. The normalized spacial score (nSPS) is 10.2. The van der Waals surface area contributed by atoms with E-state index in [1.54, 1.807) is 32.0 Å². The summed E-state index contributed by atoms with van der Waals surface area (Å²) in [7, 11) is 0. The molecule has 1 aromatic carbocycles. The number of aryl methyl sites for hydroxylation is 2. The number of carboxylic acids is 1. The number of carboxylic acid groups (broad SMARTS) is 1. The highest BCUT2D eigenvalue weighted by Crippen LogP contribution is 2.19. The van der Waals surface area contributed by atoms with E-state index in [9.17, 15) is 14.7 Å². The lowest BCUT2D eigenvalue weighted by molar-refractivity contribution is 0.0697. The van der Waals surface area contributed by atoms with Crippen molar-refractivity contribution in [2.24, 2.45) is 0 Å². The van der Waals surface area contributed by atoms with Crippen LogP contribution < -0.4 is 10.6 Å². The van der Waals surface area contributed by atoms with Gasteiger partial charge in [-0.2, -0.15) is 0 Å². The highest BCUT2D eigenvalue weighted by Gasteiger charge is 2.14. The number of nitrogens with zero attached hydrogens (tertiary/aromatic N) is 1. The van der Waals surface area contributed by atoms with Gasteiger partial charge in [-0.3, -0.25) is 0 Å². The SMILES string of the molecule is Cc1cc(CNC(=O)Nc2cccc(C)c2C(=O)O)no1. The predicted octanol–water partition coefficient (Wildman–Crippen LogP) is 2.31. The van der Waals surface area contributed by atoms with Crippen LogP contribution in [-0.2, 0) is 6.54 Å². The van der Waals surface area contributed by atoms with Gasteiger partial charge in [0.1, 0.15) is 11.5 Å². The predicted molar refractivity (Wildman–Crippen MR) is 75.2 cm³/mol. The van der Waals surface area contributed by atoms with Crippen LogP contribution >= 0.6 is 0 Å². The molecule has 0 unspecified atom stereocenters. The molecule has 0 aliphatic heterocycles. The number of nitrogens with one attached hydrogen (secondary N) is 2. The minimum absolute atomic E-state index is 0.0740. The van der Waals surface area contributed by atoms with Gasteiger partial charge in [-0.05, 0) is 25.5 Å². The third-order valence-electron chi connectivity index (χ3n) is 2.84. The first-order valence-corrected chi connectivity index (χ1v) is 6.27. The second-order valence-electron chi connectivity index (χ2n) is 4.54. The molecule has 1 heterocycles. The van der Waals surface area contributed by atoms with E-state index in [2.05, 4.69) is 15.8 Å². The molecule has 21 heavy (non-hydrogen) atoms. The van der Waals surface area contributed by atoms with Gasteiger partial charge in [0.05, 0.1) is 17.8 Å². The van der Waals surface area contributed by atoms with Gasteiger partial charge in [0.2, 0.25) is 0 Å². The molecule has 0 radical (unpaired) electrons. The lowest BCUT2D eigenvalue weighted by atomic mass is 10.1. The van der Waals surface area contributed by atoms with Gasteiger partial charge in [0, 0.05) is 6.07 Å². The number of aromatic carboxylic acids is 1. The number of hydrogen-bond donors (Lipinski definition) is 3. The van der Waals surface area contributed by atoms with Crippen molar-refractivity contribution >= 4 is 17.7 Å². The molecule has 7 heteroatoms. The number of carbonyl (C=O) groups excluding carboxylic acids is 1. The number of aromatic nitrogens is 1. The van der Waals surface area contributed by atoms with Gasteiger partial charge in [-0.15, -0.1) is 0 Å². The molecular weight excluding hydrogens is 274 g/mol. The number of urea groups is 1. The third-order valence-corrected chi connectivity index (χ3v) is 2.84. The van der Waals surface area contributed by atoms with Crippen molar-refractivity contribution in [3.8, 4) is 0 Å². The quantitative estimate of drug-likeness (QED) is 0.801. The summed E-state index contributed by atoms with van der Waals surface area (Å²) in [6, 6.07) is 6.08. The van der Waals surface area contributed by atoms with Crippen molar-refractivity contribution < 1.29 is 19.2 Å². The molecule has 7 nitrogen and oxygen atoms in total. The number of anilines is 1. The molecule has 1 aromatic heterocycles. The van der Waals surface area contributed by atoms with Crippen molar-refractivity contribution in [1.82, 2.24) is 10.5 Å². The van der Waals surface area contributed by atoms with E-state index < -0.39 is 12.0 Å². The monoisotopic (exact) mass is 289 g/mol. The standard InChI is InChI=1S/C14H15N3O4/c1-8-4-3-5-11(12(8)13(18)19)16-14(20)15-7-10-6-9(2)21-17-10/h3-6H,7H2,1-2H3,(H,18,19)(H2,15,16,20). The molecular formula is C14H15N3O4. The second kappa shape index (κ2) is 6.08. The van der Waals surface area contributed by atoms with Crippen LogP contribution in [0.4, 0.5) is 10.5 Å². The van der Waals surface area contributed by atoms with Crippen LogP contribution in [-0.4, -0.2) is 22.3 Å². The Kier molecular flexibility index (Phi) is 4.22. The summed E-state index contributed by atoms with van der Waals surface area (Å²) < 4.78 is 4.88. The van der Waals surface area contributed by atoms with Gasteiger partial charge < -0.3 is 20.3 Å². The summed E-state index contributed by atoms with van der Waals surface area (Å²) in [6.45, 7) is 3.62. The Bertz CT molecular complexity index is 679. The van der Waals surface area contributed by atoms with Crippen molar-refractivity contribution in [3.05, 3.63) is 46.8 Å². The maximum Gasteiger partial charge on any atom is 0.338 e. The Morgan fingerprint density at radius 1 is 1.33 bits per heavy atom. The molecule has 0 aliphatic carbocycles. The van der Waals surface area contributed by atoms with Gasteiger partial charge in [0.15, 0.2) is 0 Å². The van der Waals surface area contributed by atoms with Crippen molar-refractivity contribution in [2.75, 3.05) is 5.32 Å². The molecule has 110 valence electrons.